The van der Waals surface area contributed by atoms with Crippen molar-refractivity contribution in [3.8, 4) is 0 Å². The van der Waals surface area contributed by atoms with Gasteiger partial charge in [0.2, 0.25) is 5.91 Å². The van der Waals surface area contributed by atoms with Crippen molar-refractivity contribution in [2.24, 2.45) is 0 Å². The Balaban J connectivity index is 2.25. The summed E-state index contributed by atoms with van der Waals surface area (Å²) in [6, 6.07) is 0. The third-order valence-corrected chi connectivity index (χ3v) is 2.75. The van der Waals surface area contributed by atoms with E-state index in [-0.39, 0.29) is 6.54 Å². The predicted molar refractivity (Wildman–Crippen MR) is 64.1 cm³/mol. The monoisotopic (exact) mass is 297 g/mol. The molecule has 0 radical (unpaired) electrons. The molecule has 1 rings (SSSR count). The smallest absolute Gasteiger partial charge is 0.409 e. The first-order valence-electron chi connectivity index (χ1n) is 6.29. The van der Waals surface area contributed by atoms with Crippen LogP contribution in [0, 0.1) is 0 Å². The molecule has 1 N–H and O–H groups in total. The van der Waals surface area contributed by atoms with Gasteiger partial charge in [-0.25, -0.2) is 4.79 Å². The SMILES string of the molecule is CCOC(=O)N1CCN(CC(=O)NCC(F)(F)F)CC1. The van der Waals surface area contributed by atoms with Gasteiger partial charge in [-0.15, -0.1) is 0 Å². The Labute approximate surface area is 114 Å². The molecule has 1 saturated heterocycles. The van der Waals surface area contributed by atoms with Crippen LogP contribution in [0.5, 0.6) is 0 Å². The molecule has 1 heterocycles. The average Bonchev–Trinajstić information content (AvgIpc) is 2.37. The maximum Gasteiger partial charge on any atom is 0.409 e. The van der Waals surface area contributed by atoms with Crippen LogP contribution in [0.2, 0.25) is 0 Å². The van der Waals surface area contributed by atoms with Crippen LogP contribution in [-0.4, -0.2) is 73.9 Å². The second-order valence-electron chi connectivity index (χ2n) is 4.35. The molecule has 20 heavy (non-hydrogen) atoms. The lowest BCUT2D eigenvalue weighted by Gasteiger charge is -2.33. The summed E-state index contributed by atoms with van der Waals surface area (Å²) in [7, 11) is 0. The number of halogens is 3. The van der Waals surface area contributed by atoms with Crippen LogP contribution < -0.4 is 5.32 Å². The molecule has 0 atom stereocenters. The van der Waals surface area contributed by atoms with Gasteiger partial charge in [0, 0.05) is 26.2 Å². The van der Waals surface area contributed by atoms with Crippen LogP contribution in [0.15, 0.2) is 0 Å². The summed E-state index contributed by atoms with van der Waals surface area (Å²) in [5.41, 5.74) is 0. The molecule has 6 nitrogen and oxygen atoms in total. The van der Waals surface area contributed by atoms with E-state index in [0.717, 1.165) is 0 Å². The molecule has 1 fully saturated rings. The van der Waals surface area contributed by atoms with E-state index in [1.54, 1.807) is 11.8 Å². The lowest BCUT2D eigenvalue weighted by atomic mass is 10.3. The van der Waals surface area contributed by atoms with Gasteiger partial charge in [-0.05, 0) is 6.92 Å². The van der Waals surface area contributed by atoms with Gasteiger partial charge in [0.25, 0.3) is 0 Å². The maximum atomic E-state index is 11.9. The first-order valence-corrected chi connectivity index (χ1v) is 6.29. The molecule has 0 aliphatic carbocycles. The normalized spacial score (nSPS) is 16.9. The first kappa shape index (κ1) is 16.5. The molecule has 0 spiro atoms. The number of rotatable bonds is 4. The Morgan fingerprint density at radius 2 is 1.80 bits per heavy atom. The third kappa shape index (κ3) is 6.09. The summed E-state index contributed by atoms with van der Waals surface area (Å²) in [6.45, 7) is 2.21. The highest BCUT2D eigenvalue weighted by molar-refractivity contribution is 5.78. The quantitative estimate of drug-likeness (QED) is 0.818. The van der Waals surface area contributed by atoms with Gasteiger partial charge in [-0.2, -0.15) is 13.2 Å². The molecule has 0 aromatic carbocycles. The molecule has 0 bridgehead atoms. The highest BCUT2D eigenvalue weighted by atomic mass is 19.4. The summed E-state index contributed by atoms with van der Waals surface area (Å²) in [5.74, 6) is -0.674. The number of piperazine rings is 1. The Kier molecular flexibility index (Phi) is 6.05. The van der Waals surface area contributed by atoms with Crippen molar-refractivity contribution in [2.45, 2.75) is 13.1 Å². The van der Waals surface area contributed by atoms with E-state index in [2.05, 4.69) is 0 Å². The highest BCUT2D eigenvalue weighted by Crippen LogP contribution is 2.12. The number of nitrogens with zero attached hydrogens (tertiary/aromatic N) is 2. The van der Waals surface area contributed by atoms with Crippen LogP contribution in [0.25, 0.3) is 0 Å². The zero-order chi connectivity index (χ0) is 15.2. The summed E-state index contributed by atoms with van der Waals surface area (Å²) in [4.78, 5) is 25.9. The number of ether oxygens (including phenoxy) is 1. The van der Waals surface area contributed by atoms with E-state index in [9.17, 15) is 22.8 Å². The molecule has 9 heteroatoms. The summed E-state index contributed by atoms with van der Waals surface area (Å²) in [5, 5.41) is 1.81. The summed E-state index contributed by atoms with van der Waals surface area (Å²) in [6.07, 6.45) is -4.81. The first-order chi connectivity index (χ1) is 9.31. The second kappa shape index (κ2) is 7.32. The molecule has 0 unspecified atom stereocenters. The van der Waals surface area contributed by atoms with Crippen LogP contribution in [0.1, 0.15) is 6.92 Å². The lowest BCUT2D eigenvalue weighted by molar-refractivity contribution is -0.139. The molecular weight excluding hydrogens is 279 g/mol. The number of hydrogen-bond acceptors (Lipinski definition) is 4. The molecular formula is C11H18F3N3O3. The Morgan fingerprint density at radius 3 is 2.30 bits per heavy atom. The molecule has 0 aromatic heterocycles. The third-order valence-electron chi connectivity index (χ3n) is 2.75. The van der Waals surface area contributed by atoms with Crippen LogP contribution in [0.4, 0.5) is 18.0 Å². The van der Waals surface area contributed by atoms with E-state index in [0.29, 0.717) is 32.8 Å². The zero-order valence-corrected chi connectivity index (χ0v) is 11.2. The van der Waals surface area contributed by atoms with Crippen LogP contribution in [-0.2, 0) is 9.53 Å². The number of alkyl halides is 3. The minimum atomic E-state index is -4.40. The van der Waals surface area contributed by atoms with Crippen molar-refractivity contribution in [2.75, 3.05) is 45.9 Å². The molecule has 1 aliphatic rings. The Morgan fingerprint density at radius 1 is 1.20 bits per heavy atom. The van der Waals surface area contributed by atoms with Crippen molar-refractivity contribution in [3.63, 3.8) is 0 Å². The van der Waals surface area contributed by atoms with E-state index in [4.69, 9.17) is 4.74 Å². The van der Waals surface area contributed by atoms with Gasteiger partial charge in [0.05, 0.1) is 13.2 Å². The average molecular weight is 297 g/mol. The van der Waals surface area contributed by atoms with Gasteiger partial charge in [-0.1, -0.05) is 0 Å². The highest BCUT2D eigenvalue weighted by Gasteiger charge is 2.28. The standard InChI is InChI=1S/C11H18F3N3O3/c1-2-20-10(19)17-5-3-16(4-6-17)7-9(18)15-8-11(12,13)14/h2-8H2,1H3,(H,15,18). The van der Waals surface area contributed by atoms with Crippen LogP contribution in [0.3, 0.4) is 0 Å². The van der Waals surface area contributed by atoms with Gasteiger partial charge >= 0.3 is 12.3 Å². The van der Waals surface area contributed by atoms with Crippen molar-refractivity contribution >= 4 is 12.0 Å². The summed E-state index contributed by atoms with van der Waals surface area (Å²) < 4.78 is 40.6. The number of hydrogen-bond donors (Lipinski definition) is 1. The van der Waals surface area contributed by atoms with E-state index < -0.39 is 24.7 Å². The molecule has 0 aromatic rings. The Hall–Kier alpha value is -1.51. The van der Waals surface area contributed by atoms with Crippen molar-refractivity contribution in [1.29, 1.82) is 0 Å². The fourth-order valence-corrected chi connectivity index (χ4v) is 1.76. The maximum absolute atomic E-state index is 11.9. The Bertz CT molecular complexity index is 342. The zero-order valence-electron chi connectivity index (χ0n) is 11.2. The fraction of sp³-hybridized carbons (Fsp3) is 0.818. The molecule has 116 valence electrons. The van der Waals surface area contributed by atoms with Gasteiger partial charge < -0.3 is 15.0 Å². The number of nitrogens with one attached hydrogen (secondary N) is 1. The van der Waals surface area contributed by atoms with Gasteiger partial charge in [-0.3, -0.25) is 9.69 Å². The van der Waals surface area contributed by atoms with Crippen molar-refractivity contribution in [3.05, 3.63) is 0 Å². The number of carbonyl (C=O) groups is 2. The molecule has 0 saturated carbocycles. The topological polar surface area (TPSA) is 61.9 Å². The molecule has 2 amide bonds. The van der Waals surface area contributed by atoms with Crippen molar-refractivity contribution < 1.29 is 27.5 Å². The van der Waals surface area contributed by atoms with Crippen molar-refractivity contribution in [1.82, 2.24) is 15.1 Å². The fourth-order valence-electron chi connectivity index (χ4n) is 1.76. The van der Waals surface area contributed by atoms with E-state index in [1.807, 2.05) is 5.32 Å². The van der Waals surface area contributed by atoms with Crippen LogP contribution >= 0.6 is 0 Å². The number of amides is 2. The summed E-state index contributed by atoms with van der Waals surface area (Å²) >= 11 is 0. The van der Waals surface area contributed by atoms with E-state index >= 15 is 0 Å². The minimum Gasteiger partial charge on any atom is -0.450 e. The van der Waals surface area contributed by atoms with Gasteiger partial charge in [0.15, 0.2) is 0 Å². The second-order valence-corrected chi connectivity index (χ2v) is 4.35. The predicted octanol–water partition coefficient (Wildman–Crippen LogP) is 0.439. The lowest BCUT2D eigenvalue weighted by Crippen LogP contribution is -2.51. The number of carbonyl (C=O) groups excluding carboxylic acids is 2. The largest absolute Gasteiger partial charge is 0.450 e. The van der Waals surface area contributed by atoms with Gasteiger partial charge in [0.1, 0.15) is 6.54 Å². The van der Waals surface area contributed by atoms with E-state index in [1.165, 1.54) is 4.90 Å². The minimum absolute atomic E-state index is 0.104. The molecule has 1 aliphatic heterocycles.